The Hall–Kier alpha value is -1.66. The van der Waals surface area contributed by atoms with Gasteiger partial charge < -0.3 is 20.3 Å². The van der Waals surface area contributed by atoms with Crippen LogP contribution in [-0.2, 0) is 14.3 Å². The highest BCUT2D eigenvalue weighted by molar-refractivity contribution is 5.76. The Balaban J connectivity index is 3.29. The number of carbonyl (C=O) groups excluding carboxylic acids is 2. The van der Waals surface area contributed by atoms with Crippen LogP contribution < -0.4 is 5.32 Å². The summed E-state index contributed by atoms with van der Waals surface area (Å²) in [6, 6.07) is -0.623. The third-order valence-electron chi connectivity index (χ3n) is 18.7. The summed E-state index contributed by atoms with van der Waals surface area (Å²) in [5.41, 5.74) is 0. The molecule has 3 N–H and O–H groups in total. The Kier molecular flexibility index (Phi) is 74.3. The third-order valence-corrected chi connectivity index (χ3v) is 18.7. The molecule has 0 spiro atoms. The number of allylic oxidation sites excluding steroid dienone is 3. The first-order chi connectivity index (χ1) is 42.5. The Morgan fingerprint density at radius 2 is 0.547 bits per heavy atom. The molecule has 0 aromatic carbocycles. The summed E-state index contributed by atoms with van der Waals surface area (Å²) < 4.78 is 5.52. The fourth-order valence-corrected chi connectivity index (χ4v) is 12.7. The number of nitrogens with one attached hydrogen (secondary N) is 1. The Labute approximate surface area is 539 Å². The maximum Gasteiger partial charge on any atom is 0.305 e. The number of esters is 1. The second kappa shape index (κ2) is 75.8. The molecule has 2 unspecified atom stereocenters. The van der Waals surface area contributed by atoms with E-state index >= 15 is 0 Å². The zero-order chi connectivity index (χ0) is 62.0. The van der Waals surface area contributed by atoms with Gasteiger partial charge in [-0.3, -0.25) is 9.59 Å². The number of amides is 1. The van der Waals surface area contributed by atoms with E-state index in [1.807, 2.05) is 6.08 Å². The summed E-state index contributed by atoms with van der Waals surface area (Å²) in [6.45, 7) is 4.94. The van der Waals surface area contributed by atoms with E-state index in [0.29, 0.717) is 19.4 Å². The third kappa shape index (κ3) is 71.4. The number of ether oxygens (including phenoxy) is 1. The Bertz CT molecular complexity index is 1350. The lowest BCUT2D eigenvalue weighted by atomic mass is 10.0. The van der Waals surface area contributed by atoms with Crippen molar-refractivity contribution >= 4 is 11.9 Å². The van der Waals surface area contributed by atoms with Gasteiger partial charge in [0, 0.05) is 12.8 Å². The molecular weight excluding hydrogens is 1050 g/mol. The van der Waals surface area contributed by atoms with Crippen LogP contribution in [0.3, 0.4) is 0 Å². The molecule has 0 heterocycles. The van der Waals surface area contributed by atoms with E-state index in [-0.39, 0.29) is 18.5 Å². The van der Waals surface area contributed by atoms with Gasteiger partial charge in [-0.05, 0) is 57.8 Å². The predicted octanol–water partition coefficient (Wildman–Crippen LogP) is 26.0. The van der Waals surface area contributed by atoms with Gasteiger partial charge >= 0.3 is 5.97 Å². The SMILES string of the molecule is CCCCCCCCCCC/C=C/C(O)C(CO)NC(=O)CCCCCCCCCCCCCCCCCCC/C=C\CCCCCCCCCCCCCCCCCCCCOC(=O)CCCCCCCCCCCCCCCCCCCCC. The van der Waals surface area contributed by atoms with E-state index in [2.05, 4.69) is 31.3 Å². The van der Waals surface area contributed by atoms with Crippen LogP contribution in [0.5, 0.6) is 0 Å². The second-order valence-corrected chi connectivity index (χ2v) is 27.4. The van der Waals surface area contributed by atoms with Gasteiger partial charge in [-0.1, -0.05) is 404 Å². The molecule has 0 aromatic heterocycles. The lowest BCUT2D eigenvalue weighted by molar-refractivity contribution is -0.143. The van der Waals surface area contributed by atoms with Crippen LogP contribution in [0.25, 0.3) is 0 Å². The van der Waals surface area contributed by atoms with Gasteiger partial charge in [0.2, 0.25) is 5.91 Å². The summed E-state index contributed by atoms with van der Waals surface area (Å²) in [7, 11) is 0. The largest absolute Gasteiger partial charge is 0.466 e. The van der Waals surface area contributed by atoms with E-state index in [1.165, 1.54) is 385 Å². The highest BCUT2D eigenvalue weighted by Crippen LogP contribution is 2.20. The molecule has 2 atom stereocenters. The van der Waals surface area contributed by atoms with Crippen molar-refractivity contribution in [1.29, 1.82) is 0 Å². The average Bonchev–Trinajstić information content (AvgIpc) is 3.59. The topological polar surface area (TPSA) is 95.9 Å². The van der Waals surface area contributed by atoms with Crippen molar-refractivity contribution in [3.05, 3.63) is 24.3 Å². The van der Waals surface area contributed by atoms with Crippen LogP contribution in [0.4, 0.5) is 0 Å². The summed E-state index contributed by atoms with van der Waals surface area (Å²) in [6.07, 6.45) is 97.5. The van der Waals surface area contributed by atoms with Crippen molar-refractivity contribution in [3.8, 4) is 0 Å². The zero-order valence-corrected chi connectivity index (χ0v) is 58.6. The van der Waals surface area contributed by atoms with Gasteiger partial charge in [0.1, 0.15) is 0 Å². The molecule has 6 nitrogen and oxygen atoms in total. The van der Waals surface area contributed by atoms with E-state index in [1.54, 1.807) is 6.08 Å². The maximum atomic E-state index is 12.5. The van der Waals surface area contributed by atoms with Crippen LogP contribution in [0.15, 0.2) is 24.3 Å². The molecule has 86 heavy (non-hydrogen) atoms. The molecule has 1 amide bonds. The van der Waals surface area contributed by atoms with Gasteiger partial charge in [-0.2, -0.15) is 0 Å². The molecule has 0 rings (SSSR count). The average molecular weight is 1210 g/mol. The molecule has 0 fully saturated rings. The normalized spacial score (nSPS) is 12.6. The number of unbranched alkanes of at least 4 members (excludes halogenated alkanes) is 62. The van der Waals surface area contributed by atoms with Crippen LogP contribution in [0.2, 0.25) is 0 Å². The summed E-state index contributed by atoms with van der Waals surface area (Å²) >= 11 is 0. The van der Waals surface area contributed by atoms with Crippen molar-refractivity contribution in [2.75, 3.05) is 13.2 Å². The van der Waals surface area contributed by atoms with Gasteiger partial charge in [0.05, 0.1) is 25.4 Å². The second-order valence-electron chi connectivity index (χ2n) is 27.4. The number of hydrogen-bond donors (Lipinski definition) is 3. The van der Waals surface area contributed by atoms with Crippen LogP contribution in [0.1, 0.15) is 450 Å². The highest BCUT2D eigenvalue weighted by Gasteiger charge is 2.18. The van der Waals surface area contributed by atoms with Crippen LogP contribution in [-0.4, -0.2) is 47.4 Å². The van der Waals surface area contributed by atoms with Gasteiger partial charge in [-0.25, -0.2) is 0 Å². The van der Waals surface area contributed by atoms with E-state index in [4.69, 9.17) is 4.74 Å². The lowest BCUT2D eigenvalue weighted by Gasteiger charge is -2.20. The number of hydrogen-bond acceptors (Lipinski definition) is 5. The van der Waals surface area contributed by atoms with Crippen molar-refractivity contribution < 1.29 is 24.5 Å². The van der Waals surface area contributed by atoms with Crippen molar-refractivity contribution in [3.63, 3.8) is 0 Å². The fourth-order valence-electron chi connectivity index (χ4n) is 12.7. The molecule has 0 aliphatic heterocycles. The molecule has 0 saturated carbocycles. The van der Waals surface area contributed by atoms with Gasteiger partial charge in [0.25, 0.3) is 0 Å². The van der Waals surface area contributed by atoms with Gasteiger partial charge in [0.15, 0.2) is 0 Å². The van der Waals surface area contributed by atoms with Gasteiger partial charge in [-0.15, -0.1) is 0 Å². The van der Waals surface area contributed by atoms with E-state index in [0.717, 1.165) is 38.5 Å². The molecular formula is C80H155NO5. The molecule has 0 aromatic rings. The van der Waals surface area contributed by atoms with E-state index < -0.39 is 12.1 Å². The molecule has 0 aliphatic carbocycles. The first-order valence-electron chi connectivity index (χ1n) is 39.6. The minimum atomic E-state index is -0.839. The predicted molar refractivity (Wildman–Crippen MR) is 380 cm³/mol. The van der Waals surface area contributed by atoms with Crippen molar-refractivity contribution in [2.24, 2.45) is 0 Å². The molecule has 6 heteroatoms. The van der Waals surface area contributed by atoms with Crippen molar-refractivity contribution in [1.82, 2.24) is 5.32 Å². The standard InChI is InChI=1S/C80H155NO5/c1-3-5-7-9-11-13-15-16-17-18-40-44-47-50-54-58-62-66-70-74-80(85)86-75-71-67-63-59-55-51-48-45-42-39-37-35-33-31-29-27-25-23-21-19-20-22-24-26-28-30-32-34-36-38-41-43-46-49-53-57-61-65-69-73-79(84)81-77(76-82)78(83)72-68-64-60-56-52-14-12-10-8-6-4-2/h19-20,68,72,77-78,82-83H,3-18,21-67,69-71,73-76H2,1-2H3,(H,81,84)/b20-19-,72-68+. The molecule has 0 radical (unpaired) electrons. The number of aliphatic hydroxyl groups excluding tert-OH is 2. The molecule has 0 bridgehead atoms. The summed E-state index contributed by atoms with van der Waals surface area (Å²) in [5, 5.41) is 23.1. The highest BCUT2D eigenvalue weighted by atomic mass is 16.5. The van der Waals surface area contributed by atoms with Crippen molar-refractivity contribution in [2.45, 2.75) is 463 Å². The molecule has 510 valence electrons. The monoisotopic (exact) mass is 1210 g/mol. The summed E-state index contributed by atoms with van der Waals surface area (Å²) in [5.74, 6) is -0.0348. The maximum absolute atomic E-state index is 12.5. The molecule has 0 saturated heterocycles. The Morgan fingerprint density at radius 1 is 0.314 bits per heavy atom. The Morgan fingerprint density at radius 3 is 0.826 bits per heavy atom. The fraction of sp³-hybridized carbons (Fsp3) is 0.925. The number of carbonyl (C=O) groups is 2. The summed E-state index contributed by atoms with van der Waals surface area (Å²) in [4.78, 5) is 24.6. The first kappa shape index (κ1) is 84.3. The smallest absolute Gasteiger partial charge is 0.305 e. The quantitative estimate of drug-likeness (QED) is 0.0320. The zero-order valence-electron chi connectivity index (χ0n) is 58.6. The van der Waals surface area contributed by atoms with E-state index in [9.17, 15) is 19.8 Å². The first-order valence-corrected chi connectivity index (χ1v) is 39.6. The minimum absolute atomic E-state index is 0.0280. The van der Waals surface area contributed by atoms with Crippen LogP contribution >= 0.6 is 0 Å². The molecule has 0 aliphatic rings. The lowest BCUT2D eigenvalue weighted by Crippen LogP contribution is -2.45. The number of aliphatic hydroxyl groups is 2. The number of rotatable bonds is 75. The minimum Gasteiger partial charge on any atom is -0.466 e. The van der Waals surface area contributed by atoms with Crippen LogP contribution in [0, 0.1) is 0 Å².